The zero-order valence-corrected chi connectivity index (χ0v) is 16.8. The van der Waals surface area contributed by atoms with E-state index in [9.17, 15) is 9.59 Å². The van der Waals surface area contributed by atoms with E-state index in [0.29, 0.717) is 19.5 Å². The molecule has 8 nitrogen and oxygen atoms in total. The first-order valence-electron chi connectivity index (χ1n) is 9.83. The Kier molecular flexibility index (Phi) is 6.00. The fourth-order valence-electron chi connectivity index (χ4n) is 4.19. The van der Waals surface area contributed by atoms with Gasteiger partial charge in [0.2, 0.25) is 11.8 Å². The minimum atomic E-state index is -0.396. The minimum absolute atomic E-state index is 0.0614. The lowest BCUT2D eigenvalue weighted by atomic mass is 10.1. The summed E-state index contributed by atoms with van der Waals surface area (Å²) >= 11 is 0. The van der Waals surface area contributed by atoms with Gasteiger partial charge in [-0.25, -0.2) is 4.98 Å². The number of amides is 2. The molecule has 1 aromatic heterocycles. The predicted octanol–water partition coefficient (Wildman–Crippen LogP) is 0.471. The fourth-order valence-corrected chi connectivity index (χ4v) is 4.19. The molecule has 0 bridgehead atoms. The van der Waals surface area contributed by atoms with Crippen molar-refractivity contribution in [2.45, 2.75) is 51.7 Å². The van der Waals surface area contributed by atoms with Crippen LogP contribution in [0.5, 0.6) is 0 Å². The molecule has 3 rings (SSSR count). The molecular weight excluding hydrogens is 356 g/mol. The number of aromatic nitrogens is 2. The van der Waals surface area contributed by atoms with Gasteiger partial charge in [-0.05, 0) is 38.0 Å². The molecule has 0 radical (unpaired) electrons. The number of fused-ring (bicyclic) bond motifs is 1. The highest BCUT2D eigenvalue weighted by molar-refractivity contribution is 5.81. The molecule has 2 heterocycles. The number of aryl methyl sites for hydroxylation is 2. The van der Waals surface area contributed by atoms with Gasteiger partial charge in [0.25, 0.3) is 0 Å². The van der Waals surface area contributed by atoms with Crippen molar-refractivity contribution in [2.24, 2.45) is 11.5 Å². The number of imidazole rings is 1. The van der Waals surface area contributed by atoms with Crippen molar-refractivity contribution >= 4 is 22.8 Å². The second kappa shape index (κ2) is 8.28. The molecule has 1 aliphatic rings. The van der Waals surface area contributed by atoms with E-state index in [0.717, 1.165) is 23.4 Å². The van der Waals surface area contributed by atoms with Gasteiger partial charge in [0.15, 0.2) is 0 Å². The number of benzene rings is 1. The number of carbonyl (C=O) groups is 2. The molecule has 28 heavy (non-hydrogen) atoms. The molecule has 2 aromatic rings. The second-order valence-electron chi connectivity index (χ2n) is 7.68. The van der Waals surface area contributed by atoms with Crippen LogP contribution >= 0.6 is 0 Å². The predicted molar refractivity (Wildman–Crippen MR) is 109 cm³/mol. The maximum atomic E-state index is 12.0. The quantitative estimate of drug-likeness (QED) is 0.639. The van der Waals surface area contributed by atoms with Gasteiger partial charge in [-0.2, -0.15) is 0 Å². The standard InChI is InChI=1S/C20H30N6O2/c1-4-26-16-6-5-12(2)7-15(16)24-20(26)13(3)10-25-11-14(23-18(27)9-21)8-17(25)19(22)28/h5-7,13-14,17H,4,8-11,21H2,1-3H3,(H2,22,28)(H,23,27). The van der Waals surface area contributed by atoms with Crippen LogP contribution in [0.1, 0.15) is 37.6 Å². The van der Waals surface area contributed by atoms with Crippen molar-refractivity contribution in [3.63, 3.8) is 0 Å². The van der Waals surface area contributed by atoms with E-state index >= 15 is 0 Å². The molecule has 3 atom stereocenters. The Bertz CT molecular complexity index is 877. The normalized spacial score (nSPS) is 21.1. The van der Waals surface area contributed by atoms with Crippen molar-refractivity contribution in [2.75, 3.05) is 19.6 Å². The third-order valence-corrected chi connectivity index (χ3v) is 5.48. The average molecular weight is 387 g/mol. The van der Waals surface area contributed by atoms with Crippen molar-refractivity contribution in [1.29, 1.82) is 0 Å². The van der Waals surface area contributed by atoms with Gasteiger partial charge in [-0.1, -0.05) is 13.0 Å². The third kappa shape index (κ3) is 4.02. The summed E-state index contributed by atoms with van der Waals surface area (Å²) in [4.78, 5) is 30.5. The molecule has 1 aliphatic heterocycles. The lowest BCUT2D eigenvalue weighted by molar-refractivity contribution is -0.122. The summed E-state index contributed by atoms with van der Waals surface area (Å²) in [6.07, 6.45) is 0.511. The molecule has 152 valence electrons. The number of hydrogen-bond acceptors (Lipinski definition) is 5. The number of rotatable bonds is 7. The number of hydrogen-bond donors (Lipinski definition) is 3. The molecule has 1 fully saturated rings. The summed E-state index contributed by atoms with van der Waals surface area (Å²) in [5.74, 6) is 0.529. The molecule has 0 saturated carbocycles. The first-order chi connectivity index (χ1) is 13.3. The highest BCUT2D eigenvalue weighted by Crippen LogP contribution is 2.26. The molecule has 1 aromatic carbocycles. The highest BCUT2D eigenvalue weighted by Gasteiger charge is 2.37. The Morgan fingerprint density at radius 3 is 2.79 bits per heavy atom. The van der Waals surface area contributed by atoms with Crippen molar-refractivity contribution in [3.8, 4) is 0 Å². The van der Waals surface area contributed by atoms with E-state index in [2.05, 4.69) is 53.8 Å². The topological polar surface area (TPSA) is 119 Å². The largest absolute Gasteiger partial charge is 0.368 e. The number of carbonyl (C=O) groups excluding carboxylic acids is 2. The Morgan fingerprint density at radius 1 is 1.39 bits per heavy atom. The van der Waals surface area contributed by atoms with E-state index in [-0.39, 0.29) is 30.3 Å². The van der Waals surface area contributed by atoms with Gasteiger partial charge in [0.05, 0.1) is 23.6 Å². The number of nitrogens with zero attached hydrogens (tertiary/aromatic N) is 3. The number of nitrogens with two attached hydrogens (primary N) is 2. The lowest BCUT2D eigenvalue weighted by Crippen LogP contribution is -2.42. The van der Waals surface area contributed by atoms with Crippen molar-refractivity contribution in [1.82, 2.24) is 19.8 Å². The third-order valence-electron chi connectivity index (χ3n) is 5.48. The van der Waals surface area contributed by atoms with E-state index < -0.39 is 6.04 Å². The van der Waals surface area contributed by atoms with Gasteiger partial charge >= 0.3 is 0 Å². The molecule has 1 saturated heterocycles. The summed E-state index contributed by atoms with van der Waals surface area (Å²) in [5.41, 5.74) is 14.3. The van der Waals surface area contributed by atoms with Gasteiger partial charge in [-0.3, -0.25) is 14.5 Å². The van der Waals surface area contributed by atoms with Crippen LogP contribution in [0.3, 0.4) is 0 Å². The maximum absolute atomic E-state index is 12.0. The van der Waals surface area contributed by atoms with E-state index in [4.69, 9.17) is 16.5 Å². The zero-order valence-electron chi connectivity index (χ0n) is 16.8. The molecule has 5 N–H and O–H groups in total. The van der Waals surface area contributed by atoms with Crippen LogP contribution in [0, 0.1) is 6.92 Å². The van der Waals surface area contributed by atoms with E-state index in [1.54, 1.807) is 0 Å². The number of likely N-dealkylation sites (tertiary alicyclic amines) is 1. The molecule has 0 spiro atoms. The molecule has 3 unspecified atom stereocenters. The molecule has 0 aliphatic carbocycles. The Morgan fingerprint density at radius 2 is 2.14 bits per heavy atom. The fraction of sp³-hybridized carbons (Fsp3) is 0.550. The Balaban J connectivity index is 1.81. The van der Waals surface area contributed by atoms with E-state index in [1.807, 2.05) is 0 Å². The summed E-state index contributed by atoms with van der Waals surface area (Å²) in [6, 6.07) is 5.79. The van der Waals surface area contributed by atoms with Crippen LogP contribution in [0.25, 0.3) is 11.0 Å². The SMILES string of the molecule is CCn1c(C(C)CN2CC(NC(=O)CN)CC2C(N)=O)nc2cc(C)ccc21. The lowest BCUT2D eigenvalue weighted by Gasteiger charge is -2.25. The summed E-state index contributed by atoms with van der Waals surface area (Å²) in [6.45, 7) is 8.27. The first kappa shape index (κ1) is 20.3. The summed E-state index contributed by atoms with van der Waals surface area (Å²) in [5, 5.41) is 2.87. The monoisotopic (exact) mass is 386 g/mol. The van der Waals surface area contributed by atoms with Crippen LogP contribution in [0.2, 0.25) is 0 Å². The summed E-state index contributed by atoms with van der Waals surface area (Å²) in [7, 11) is 0. The van der Waals surface area contributed by atoms with Crippen molar-refractivity contribution < 1.29 is 9.59 Å². The Labute approximate surface area is 165 Å². The van der Waals surface area contributed by atoms with Gasteiger partial charge in [0, 0.05) is 31.6 Å². The minimum Gasteiger partial charge on any atom is -0.368 e. The average Bonchev–Trinajstić information content (AvgIpc) is 3.21. The first-order valence-corrected chi connectivity index (χ1v) is 9.83. The summed E-state index contributed by atoms with van der Waals surface area (Å²) < 4.78 is 2.22. The number of primary amides is 1. The van der Waals surface area contributed by atoms with Crippen LogP contribution in [0.15, 0.2) is 18.2 Å². The van der Waals surface area contributed by atoms with Gasteiger partial charge in [0.1, 0.15) is 5.82 Å². The van der Waals surface area contributed by atoms with Gasteiger partial charge < -0.3 is 21.4 Å². The Hall–Kier alpha value is -2.45. The smallest absolute Gasteiger partial charge is 0.234 e. The maximum Gasteiger partial charge on any atom is 0.234 e. The van der Waals surface area contributed by atoms with Crippen molar-refractivity contribution in [3.05, 3.63) is 29.6 Å². The molecular formula is C20H30N6O2. The highest BCUT2D eigenvalue weighted by atomic mass is 16.2. The molecule has 8 heteroatoms. The van der Waals surface area contributed by atoms with Crippen LogP contribution < -0.4 is 16.8 Å². The molecule has 2 amide bonds. The number of nitrogens with one attached hydrogen (secondary N) is 1. The van der Waals surface area contributed by atoms with E-state index in [1.165, 1.54) is 5.56 Å². The van der Waals surface area contributed by atoms with Gasteiger partial charge in [-0.15, -0.1) is 0 Å². The second-order valence-corrected chi connectivity index (χ2v) is 7.68. The zero-order chi connectivity index (χ0) is 20.4. The van der Waals surface area contributed by atoms with Crippen LogP contribution in [0.4, 0.5) is 0 Å². The van der Waals surface area contributed by atoms with Crippen LogP contribution in [-0.2, 0) is 16.1 Å². The van der Waals surface area contributed by atoms with Crippen LogP contribution in [-0.4, -0.2) is 58.0 Å².